The number of anilines is 1. The Morgan fingerprint density at radius 2 is 2.04 bits per heavy atom. The van der Waals surface area contributed by atoms with Gasteiger partial charge in [-0.1, -0.05) is 13.0 Å². The highest BCUT2D eigenvalue weighted by molar-refractivity contribution is 7.89. The molecule has 3 aromatic rings. The molecule has 2 heterocycles. The van der Waals surface area contributed by atoms with Gasteiger partial charge in [-0.2, -0.15) is 0 Å². The zero-order chi connectivity index (χ0) is 20.3. The van der Waals surface area contributed by atoms with E-state index in [1.54, 1.807) is 18.3 Å². The van der Waals surface area contributed by atoms with Crippen LogP contribution in [-0.2, 0) is 27.8 Å². The minimum atomic E-state index is -3.79. The normalized spacial score (nSPS) is 11.7. The second-order valence-corrected chi connectivity index (χ2v) is 8.21. The number of carbonyl (C=O) groups is 1. The molecule has 0 atom stereocenters. The largest absolute Gasteiger partial charge is 0.328 e. The molecule has 0 aliphatic carbocycles. The van der Waals surface area contributed by atoms with Gasteiger partial charge in [0.05, 0.1) is 15.9 Å². The van der Waals surface area contributed by atoms with E-state index in [9.17, 15) is 13.2 Å². The standard InChI is InChI=1S/C19H23N5O3S/c1-3-10-24-16-6-5-14(28(20,26)27)11-15(16)22-18(24)8-9-19(25)23-17-7-4-13(2)12-21-17/h4-7,11-12H,3,8-10H2,1-2H3,(H2,20,26,27)(H,21,23,25). The summed E-state index contributed by atoms with van der Waals surface area (Å²) >= 11 is 0. The molecule has 0 aliphatic rings. The molecule has 8 nitrogen and oxygen atoms in total. The molecular weight excluding hydrogens is 378 g/mol. The zero-order valence-corrected chi connectivity index (χ0v) is 16.7. The molecule has 148 valence electrons. The van der Waals surface area contributed by atoms with Gasteiger partial charge in [-0.3, -0.25) is 4.79 Å². The van der Waals surface area contributed by atoms with Gasteiger partial charge in [-0.15, -0.1) is 0 Å². The number of rotatable bonds is 7. The molecule has 1 amide bonds. The number of nitrogens with one attached hydrogen (secondary N) is 1. The van der Waals surface area contributed by atoms with E-state index in [2.05, 4.69) is 15.3 Å². The van der Waals surface area contributed by atoms with Crippen molar-refractivity contribution in [1.29, 1.82) is 0 Å². The molecule has 0 bridgehead atoms. The molecule has 0 unspecified atom stereocenters. The van der Waals surface area contributed by atoms with Crippen LogP contribution in [0.25, 0.3) is 11.0 Å². The number of benzene rings is 1. The Kier molecular flexibility index (Phi) is 5.76. The van der Waals surface area contributed by atoms with E-state index in [0.717, 1.165) is 29.9 Å². The van der Waals surface area contributed by atoms with Gasteiger partial charge in [0.2, 0.25) is 15.9 Å². The molecule has 0 spiro atoms. The van der Waals surface area contributed by atoms with Crippen LogP contribution in [0.4, 0.5) is 5.82 Å². The average Bonchev–Trinajstić information content (AvgIpc) is 2.98. The fourth-order valence-electron chi connectivity index (χ4n) is 2.97. The van der Waals surface area contributed by atoms with Gasteiger partial charge in [0.15, 0.2) is 0 Å². The Morgan fingerprint density at radius 1 is 1.25 bits per heavy atom. The van der Waals surface area contributed by atoms with E-state index in [-0.39, 0.29) is 17.2 Å². The summed E-state index contributed by atoms with van der Waals surface area (Å²) in [7, 11) is -3.79. The van der Waals surface area contributed by atoms with Crippen LogP contribution >= 0.6 is 0 Å². The highest BCUT2D eigenvalue weighted by Crippen LogP contribution is 2.21. The lowest BCUT2D eigenvalue weighted by Crippen LogP contribution is -2.15. The van der Waals surface area contributed by atoms with E-state index in [1.165, 1.54) is 12.1 Å². The Hall–Kier alpha value is -2.78. The Bertz CT molecular complexity index is 1100. The van der Waals surface area contributed by atoms with Crippen molar-refractivity contribution in [3.8, 4) is 0 Å². The lowest BCUT2D eigenvalue weighted by Gasteiger charge is -2.08. The van der Waals surface area contributed by atoms with Crippen LogP contribution in [0.1, 0.15) is 31.2 Å². The fourth-order valence-corrected chi connectivity index (χ4v) is 3.51. The van der Waals surface area contributed by atoms with E-state index in [4.69, 9.17) is 5.14 Å². The monoisotopic (exact) mass is 401 g/mol. The molecule has 0 saturated carbocycles. The van der Waals surface area contributed by atoms with E-state index in [1.807, 2.05) is 24.5 Å². The number of carbonyl (C=O) groups excluding carboxylic acids is 1. The van der Waals surface area contributed by atoms with Crippen molar-refractivity contribution < 1.29 is 13.2 Å². The number of hydrogen-bond acceptors (Lipinski definition) is 5. The van der Waals surface area contributed by atoms with Crippen LogP contribution in [0.15, 0.2) is 41.4 Å². The summed E-state index contributed by atoms with van der Waals surface area (Å²) < 4.78 is 25.2. The van der Waals surface area contributed by atoms with Crippen LogP contribution in [0.2, 0.25) is 0 Å². The number of hydrogen-bond donors (Lipinski definition) is 2. The fraction of sp³-hybridized carbons (Fsp3) is 0.316. The Balaban J connectivity index is 1.80. The number of aromatic nitrogens is 3. The predicted octanol–water partition coefficient (Wildman–Crippen LogP) is 2.37. The number of nitrogens with zero attached hydrogens (tertiary/aromatic N) is 3. The van der Waals surface area contributed by atoms with E-state index < -0.39 is 10.0 Å². The van der Waals surface area contributed by atoms with Crippen LogP contribution in [0.5, 0.6) is 0 Å². The minimum Gasteiger partial charge on any atom is -0.328 e. The van der Waals surface area contributed by atoms with Crippen molar-refractivity contribution in [3.63, 3.8) is 0 Å². The summed E-state index contributed by atoms with van der Waals surface area (Å²) in [5.74, 6) is 1.09. The molecule has 28 heavy (non-hydrogen) atoms. The van der Waals surface area contributed by atoms with Crippen LogP contribution in [0, 0.1) is 6.92 Å². The average molecular weight is 401 g/mol. The van der Waals surface area contributed by atoms with Crippen molar-refractivity contribution in [1.82, 2.24) is 14.5 Å². The maximum atomic E-state index is 12.3. The van der Waals surface area contributed by atoms with Crippen molar-refractivity contribution >= 4 is 32.8 Å². The lowest BCUT2D eigenvalue weighted by atomic mass is 10.2. The number of fused-ring (bicyclic) bond motifs is 1. The second kappa shape index (κ2) is 8.07. The lowest BCUT2D eigenvalue weighted by molar-refractivity contribution is -0.116. The summed E-state index contributed by atoms with van der Waals surface area (Å²) in [5.41, 5.74) is 2.39. The smallest absolute Gasteiger partial charge is 0.238 e. The highest BCUT2D eigenvalue weighted by Gasteiger charge is 2.15. The van der Waals surface area contributed by atoms with Crippen molar-refractivity contribution in [3.05, 3.63) is 47.9 Å². The Labute approximate surface area is 163 Å². The number of imidazole rings is 1. The predicted molar refractivity (Wildman–Crippen MR) is 107 cm³/mol. The number of amides is 1. The first kappa shape index (κ1) is 20.0. The first-order chi connectivity index (χ1) is 13.3. The van der Waals surface area contributed by atoms with Gasteiger partial charge < -0.3 is 9.88 Å². The summed E-state index contributed by atoms with van der Waals surface area (Å²) in [5, 5.41) is 7.98. The molecule has 0 saturated heterocycles. The first-order valence-electron chi connectivity index (χ1n) is 9.02. The molecule has 2 aromatic heterocycles. The molecule has 1 aromatic carbocycles. The number of pyridine rings is 1. The zero-order valence-electron chi connectivity index (χ0n) is 15.8. The molecule has 3 rings (SSSR count). The van der Waals surface area contributed by atoms with Crippen molar-refractivity contribution in [2.75, 3.05) is 5.32 Å². The number of aryl methyl sites for hydroxylation is 3. The topological polar surface area (TPSA) is 120 Å². The third-order valence-electron chi connectivity index (χ3n) is 4.33. The first-order valence-corrected chi connectivity index (χ1v) is 10.6. The molecular formula is C19H23N5O3S. The second-order valence-electron chi connectivity index (χ2n) is 6.64. The van der Waals surface area contributed by atoms with Gasteiger partial charge in [0.25, 0.3) is 0 Å². The molecule has 0 fully saturated rings. The summed E-state index contributed by atoms with van der Waals surface area (Å²) in [6.07, 6.45) is 3.25. The van der Waals surface area contributed by atoms with Gasteiger partial charge in [0, 0.05) is 25.6 Å². The molecule has 3 N–H and O–H groups in total. The molecule has 0 aliphatic heterocycles. The van der Waals surface area contributed by atoms with Crippen LogP contribution < -0.4 is 10.5 Å². The quantitative estimate of drug-likeness (QED) is 0.630. The Morgan fingerprint density at radius 3 is 2.68 bits per heavy atom. The van der Waals surface area contributed by atoms with Gasteiger partial charge in [-0.25, -0.2) is 23.5 Å². The molecule has 0 radical (unpaired) electrons. The number of sulfonamides is 1. The number of nitrogens with two attached hydrogens (primary N) is 1. The SMILES string of the molecule is CCCn1c(CCC(=O)Nc2ccc(C)cn2)nc2cc(S(N)(=O)=O)ccc21. The third kappa shape index (κ3) is 4.55. The van der Waals surface area contributed by atoms with Gasteiger partial charge in [-0.05, 0) is 43.2 Å². The number of primary sulfonamides is 1. The van der Waals surface area contributed by atoms with Crippen LogP contribution in [-0.4, -0.2) is 28.9 Å². The highest BCUT2D eigenvalue weighted by atomic mass is 32.2. The summed E-state index contributed by atoms with van der Waals surface area (Å²) in [4.78, 5) is 21.0. The van der Waals surface area contributed by atoms with Gasteiger partial charge >= 0.3 is 0 Å². The van der Waals surface area contributed by atoms with E-state index in [0.29, 0.717) is 17.8 Å². The van der Waals surface area contributed by atoms with Crippen LogP contribution in [0.3, 0.4) is 0 Å². The maximum Gasteiger partial charge on any atom is 0.238 e. The van der Waals surface area contributed by atoms with Crippen molar-refractivity contribution in [2.45, 2.75) is 44.6 Å². The third-order valence-corrected chi connectivity index (χ3v) is 5.24. The minimum absolute atomic E-state index is 0.0240. The van der Waals surface area contributed by atoms with Crippen molar-refractivity contribution in [2.24, 2.45) is 5.14 Å². The molecule has 9 heteroatoms. The maximum absolute atomic E-state index is 12.3. The van der Waals surface area contributed by atoms with E-state index >= 15 is 0 Å². The van der Waals surface area contributed by atoms with Gasteiger partial charge in [0.1, 0.15) is 11.6 Å². The summed E-state index contributed by atoms with van der Waals surface area (Å²) in [6, 6.07) is 8.29. The summed E-state index contributed by atoms with van der Waals surface area (Å²) in [6.45, 7) is 4.70.